The van der Waals surface area contributed by atoms with E-state index in [9.17, 15) is 19.8 Å². The summed E-state index contributed by atoms with van der Waals surface area (Å²) in [5.41, 5.74) is 0.335. The van der Waals surface area contributed by atoms with Gasteiger partial charge < -0.3 is 14.9 Å². The summed E-state index contributed by atoms with van der Waals surface area (Å²) in [6.45, 7) is 0. The minimum absolute atomic E-state index is 0.282. The van der Waals surface area contributed by atoms with Crippen LogP contribution in [0.25, 0.3) is 5.52 Å². The summed E-state index contributed by atoms with van der Waals surface area (Å²) < 4.78 is 6.35. The molecule has 0 fully saturated rings. The SMILES string of the molecule is COc1ccc(Cc2c(O)c(C(=O)O)c(=O)n3ccccc23)cc1. The normalized spacial score (nSPS) is 10.7. The van der Waals surface area contributed by atoms with Crippen LogP contribution in [0.1, 0.15) is 21.5 Å². The molecule has 0 bridgehead atoms. The average Bonchev–Trinajstić information content (AvgIpc) is 2.59. The lowest BCUT2D eigenvalue weighted by atomic mass is 10.0. The number of pyridine rings is 2. The van der Waals surface area contributed by atoms with E-state index in [2.05, 4.69) is 0 Å². The standard InChI is InChI=1S/C18H15NO5/c1-24-12-7-5-11(6-8-12)10-13-14-4-2-3-9-19(14)17(21)15(16(13)20)18(22)23/h2-9,20H,10H2,1H3,(H,22,23). The first-order valence-electron chi connectivity index (χ1n) is 7.24. The quantitative estimate of drug-likeness (QED) is 0.768. The van der Waals surface area contributed by atoms with Gasteiger partial charge >= 0.3 is 5.97 Å². The van der Waals surface area contributed by atoms with E-state index in [0.717, 1.165) is 5.56 Å². The summed E-state index contributed by atoms with van der Waals surface area (Å²) in [5.74, 6) is -1.25. The van der Waals surface area contributed by atoms with Crippen LogP contribution in [0.15, 0.2) is 53.5 Å². The van der Waals surface area contributed by atoms with Crippen molar-refractivity contribution in [1.29, 1.82) is 0 Å². The van der Waals surface area contributed by atoms with Crippen molar-refractivity contribution in [2.75, 3.05) is 7.11 Å². The second kappa shape index (κ2) is 6.08. The third-order valence-electron chi connectivity index (χ3n) is 3.88. The topological polar surface area (TPSA) is 88.2 Å². The van der Waals surface area contributed by atoms with Gasteiger partial charge in [0.15, 0.2) is 5.56 Å². The predicted octanol–water partition coefficient (Wildman–Crippen LogP) is 2.30. The number of methoxy groups -OCH3 is 1. The third-order valence-corrected chi connectivity index (χ3v) is 3.88. The molecule has 1 aromatic carbocycles. The number of benzene rings is 1. The van der Waals surface area contributed by atoms with Gasteiger partial charge in [0, 0.05) is 18.2 Å². The lowest BCUT2D eigenvalue weighted by Gasteiger charge is -2.12. The molecule has 24 heavy (non-hydrogen) atoms. The molecule has 0 saturated heterocycles. The molecule has 2 heterocycles. The smallest absolute Gasteiger partial charge is 0.345 e. The molecular formula is C18H15NO5. The maximum absolute atomic E-state index is 12.3. The maximum atomic E-state index is 12.3. The highest BCUT2D eigenvalue weighted by Crippen LogP contribution is 2.27. The van der Waals surface area contributed by atoms with Crippen LogP contribution in [0.2, 0.25) is 0 Å². The van der Waals surface area contributed by atoms with Crippen LogP contribution < -0.4 is 10.3 Å². The molecule has 3 rings (SSSR count). The number of ether oxygens (including phenoxy) is 1. The Morgan fingerprint density at radius 2 is 1.88 bits per heavy atom. The Balaban J connectivity index is 2.22. The van der Waals surface area contributed by atoms with Gasteiger partial charge in [-0.15, -0.1) is 0 Å². The van der Waals surface area contributed by atoms with Crippen molar-refractivity contribution in [3.63, 3.8) is 0 Å². The number of hydrogen-bond donors (Lipinski definition) is 2. The Morgan fingerprint density at radius 1 is 1.17 bits per heavy atom. The van der Waals surface area contributed by atoms with Gasteiger partial charge in [-0.3, -0.25) is 9.20 Å². The fourth-order valence-electron chi connectivity index (χ4n) is 2.67. The van der Waals surface area contributed by atoms with Crippen molar-refractivity contribution in [3.05, 3.63) is 75.7 Å². The zero-order chi connectivity index (χ0) is 17.3. The molecular weight excluding hydrogens is 310 g/mol. The number of hydrogen-bond acceptors (Lipinski definition) is 4. The molecule has 0 saturated carbocycles. The van der Waals surface area contributed by atoms with Gasteiger partial charge in [-0.2, -0.15) is 0 Å². The van der Waals surface area contributed by atoms with Crippen molar-refractivity contribution >= 4 is 11.5 Å². The lowest BCUT2D eigenvalue weighted by molar-refractivity contribution is 0.0691. The number of aromatic hydroxyl groups is 1. The molecule has 0 atom stereocenters. The highest BCUT2D eigenvalue weighted by molar-refractivity contribution is 5.92. The summed E-state index contributed by atoms with van der Waals surface area (Å²) in [4.78, 5) is 23.7. The summed E-state index contributed by atoms with van der Waals surface area (Å²) in [6.07, 6.45) is 1.77. The lowest BCUT2D eigenvalue weighted by Crippen LogP contribution is -2.23. The summed E-state index contributed by atoms with van der Waals surface area (Å²) >= 11 is 0. The van der Waals surface area contributed by atoms with Crippen LogP contribution in [0.3, 0.4) is 0 Å². The molecule has 3 aromatic rings. The molecule has 0 aliphatic heterocycles. The van der Waals surface area contributed by atoms with Crippen molar-refractivity contribution in [1.82, 2.24) is 4.40 Å². The Hall–Kier alpha value is -3.28. The van der Waals surface area contributed by atoms with Crippen LogP contribution in [0, 0.1) is 0 Å². The first-order chi connectivity index (χ1) is 11.5. The number of rotatable bonds is 4. The largest absolute Gasteiger partial charge is 0.506 e. The Bertz CT molecular complexity index is 973. The van der Waals surface area contributed by atoms with Crippen molar-refractivity contribution in [2.24, 2.45) is 0 Å². The second-order valence-corrected chi connectivity index (χ2v) is 5.29. The minimum atomic E-state index is -1.45. The van der Waals surface area contributed by atoms with E-state index in [1.54, 1.807) is 37.4 Å². The number of nitrogens with zero attached hydrogens (tertiary/aromatic N) is 1. The molecule has 0 aliphatic carbocycles. The minimum Gasteiger partial charge on any atom is -0.506 e. The number of carboxylic acids is 1. The fraction of sp³-hybridized carbons (Fsp3) is 0.111. The molecule has 0 aliphatic rings. The highest BCUT2D eigenvalue weighted by atomic mass is 16.5. The van der Waals surface area contributed by atoms with E-state index in [0.29, 0.717) is 16.8 Å². The highest BCUT2D eigenvalue weighted by Gasteiger charge is 2.22. The summed E-state index contributed by atoms with van der Waals surface area (Å²) in [7, 11) is 1.57. The van der Waals surface area contributed by atoms with Gasteiger partial charge in [-0.1, -0.05) is 18.2 Å². The van der Waals surface area contributed by atoms with Crippen molar-refractivity contribution in [3.8, 4) is 11.5 Å². The number of carboxylic acid groups (broad SMARTS) is 1. The Kier molecular flexibility index (Phi) is 3.95. The number of carbonyl (C=O) groups is 1. The molecule has 122 valence electrons. The van der Waals surface area contributed by atoms with E-state index in [1.165, 1.54) is 10.6 Å². The predicted molar refractivity (Wildman–Crippen MR) is 88.1 cm³/mol. The molecule has 6 heteroatoms. The van der Waals surface area contributed by atoms with E-state index >= 15 is 0 Å². The molecule has 2 N–H and O–H groups in total. The van der Waals surface area contributed by atoms with Crippen molar-refractivity contribution < 1.29 is 19.7 Å². The summed E-state index contributed by atoms with van der Waals surface area (Å²) in [6, 6.07) is 12.2. The zero-order valence-corrected chi connectivity index (χ0v) is 12.9. The van der Waals surface area contributed by atoms with Gasteiger partial charge in [0.2, 0.25) is 0 Å². The van der Waals surface area contributed by atoms with Crippen LogP contribution in [-0.4, -0.2) is 27.7 Å². The van der Waals surface area contributed by atoms with Gasteiger partial charge in [0.05, 0.1) is 12.6 Å². The number of fused-ring (bicyclic) bond motifs is 1. The van der Waals surface area contributed by atoms with Crippen LogP contribution in [-0.2, 0) is 6.42 Å². The van der Waals surface area contributed by atoms with Gasteiger partial charge in [0.1, 0.15) is 11.5 Å². The van der Waals surface area contributed by atoms with Gasteiger partial charge in [0.25, 0.3) is 5.56 Å². The Labute approximate surface area is 137 Å². The number of aromatic carboxylic acids is 1. The van der Waals surface area contributed by atoms with Gasteiger partial charge in [-0.25, -0.2) is 4.79 Å². The molecule has 0 spiro atoms. The summed E-state index contributed by atoms with van der Waals surface area (Å²) in [5, 5.41) is 19.7. The zero-order valence-electron chi connectivity index (χ0n) is 12.9. The van der Waals surface area contributed by atoms with Crippen molar-refractivity contribution in [2.45, 2.75) is 6.42 Å². The molecule has 2 aromatic heterocycles. The first kappa shape index (κ1) is 15.6. The fourth-order valence-corrected chi connectivity index (χ4v) is 2.67. The van der Waals surface area contributed by atoms with Crippen LogP contribution >= 0.6 is 0 Å². The maximum Gasteiger partial charge on any atom is 0.345 e. The van der Waals surface area contributed by atoms with Crippen LogP contribution in [0.5, 0.6) is 11.5 Å². The third kappa shape index (κ3) is 2.58. The monoisotopic (exact) mass is 325 g/mol. The average molecular weight is 325 g/mol. The molecule has 6 nitrogen and oxygen atoms in total. The van der Waals surface area contributed by atoms with E-state index < -0.39 is 22.8 Å². The molecule has 0 radical (unpaired) electrons. The Morgan fingerprint density at radius 3 is 2.50 bits per heavy atom. The van der Waals surface area contributed by atoms with E-state index in [4.69, 9.17) is 4.74 Å². The molecule has 0 amide bonds. The van der Waals surface area contributed by atoms with E-state index in [1.807, 2.05) is 12.1 Å². The van der Waals surface area contributed by atoms with E-state index in [-0.39, 0.29) is 6.42 Å². The van der Waals surface area contributed by atoms with Crippen LogP contribution in [0.4, 0.5) is 0 Å². The first-order valence-corrected chi connectivity index (χ1v) is 7.24. The number of aromatic nitrogens is 1. The second-order valence-electron chi connectivity index (χ2n) is 5.29. The molecule has 0 unspecified atom stereocenters. The van der Waals surface area contributed by atoms with Gasteiger partial charge in [-0.05, 0) is 29.8 Å².